The molecule has 0 atom stereocenters. The molecule has 0 unspecified atom stereocenters. The van der Waals surface area contributed by atoms with Crippen molar-refractivity contribution in [3.63, 3.8) is 0 Å². The lowest BCUT2D eigenvalue weighted by Gasteiger charge is -2.10. The first-order valence-corrected chi connectivity index (χ1v) is 5.94. The maximum absolute atomic E-state index is 13.6. The van der Waals surface area contributed by atoms with Crippen molar-refractivity contribution in [3.05, 3.63) is 64.4 Å². The molecule has 2 N–H and O–H groups in total. The third-order valence-electron chi connectivity index (χ3n) is 2.64. The van der Waals surface area contributed by atoms with E-state index in [1.165, 1.54) is 6.07 Å². The SMILES string of the molecule is NCc1ccccc1COc1cccc(Cl)c1F. The van der Waals surface area contributed by atoms with Crippen LogP contribution in [0, 0.1) is 5.82 Å². The van der Waals surface area contributed by atoms with Gasteiger partial charge in [-0.05, 0) is 23.3 Å². The van der Waals surface area contributed by atoms with Crippen molar-refractivity contribution in [2.75, 3.05) is 0 Å². The van der Waals surface area contributed by atoms with Gasteiger partial charge < -0.3 is 10.5 Å². The van der Waals surface area contributed by atoms with Gasteiger partial charge in [0.25, 0.3) is 0 Å². The zero-order valence-electron chi connectivity index (χ0n) is 9.70. The van der Waals surface area contributed by atoms with Gasteiger partial charge in [-0.25, -0.2) is 4.39 Å². The van der Waals surface area contributed by atoms with Gasteiger partial charge in [-0.3, -0.25) is 0 Å². The number of hydrogen-bond acceptors (Lipinski definition) is 2. The molecule has 0 fully saturated rings. The Morgan fingerprint density at radius 2 is 1.78 bits per heavy atom. The van der Waals surface area contributed by atoms with Crippen LogP contribution in [-0.2, 0) is 13.2 Å². The van der Waals surface area contributed by atoms with Crippen molar-refractivity contribution in [2.45, 2.75) is 13.2 Å². The van der Waals surface area contributed by atoms with E-state index in [0.717, 1.165) is 11.1 Å². The van der Waals surface area contributed by atoms with Crippen molar-refractivity contribution in [1.29, 1.82) is 0 Å². The Morgan fingerprint density at radius 3 is 2.50 bits per heavy atom. The third-order valence-corrected chi connectivity index (χ3v) is 2.93. The molecule has 0 aliphatic carbocycles. The van der Waals surface area contributed by atoms with Gasteiger partial charge in [0.1, 0.15) is 6.61 Å². The maximum Gasteiger partial charge on any atom is 0.183 e. The van der Waals surface area contributed by atoms with Crippen LogP contribution in [-0.4, -0.2) is 0 Å². The lowest BCUT2D eigenvalue weighted by atomic mass is 10.1. The molecule has 2 rings (SSSR count). The van der Waals surface area contributed by atoms with E-state index in [-0.39, 0.29) is 17.4 Å². The van der Waals surface area contributed by atoms with E-state index in [1.807, 2.05) is 24.3 Å². The van der Waals surface area contributed by atoms with Crippen molar-refractivity contribution < 1.29 is 9.13 Å². The first kappa shape index (κ1) is 12.9. The van der Waals surface area contributed by atoms with Crippen molar-refractivity contribution in [3.8, 4) is 5.75 Å². The summed E-state index contributed by atoms with van der Waals surface area (Å²) in [5, 5.41) is 0.0552. The maximum atomic E-state index is 13.6. The van der Waals surface area contributed by atoms with Gasteiger partial charge in [0.15, 0.2) is 11.6 Å². The summed E-state index contributed by atoms with van der Waals surface area (Å²) in [6.45, 7) is 0.697. The average molecular weight is 266 g/mol. The molecule has 0 aromatic heterocycles. The minimum Gasteiger partial charge on any atom is -0.486 e. The van der Waals surface area contributed by atoms with E-state index in [0.29, 0.717) is 6.54 Å². The van der Waals surface area contributed by atoms with Crippen LogP contribution in [0.5, 0.6) is 5.75 Å². The van der Waals surface area contributed by atoms with E-state index < -0.39 is 5.82 Å². The van der Waals surface area contributed by atoms with Gasteiger partial charge in [-0.15, -0.1) is 0 Å². The van der Waals surface area contributed by atoms with Gasteiger partial charge in [0.05, 0.1) is 5.02 Å². The molecule has 0 saturated carbocycles. The topological polar surface area (TPSA) is 35.2 Å². The van der Waals surface area contributed by atoms with Gasteiger partial charge >= 0.3 is 0 Å². The number of benzene rings is 2. The first-order chi connectivity index (χ1) is 8.72. The van der Waals surface area contributed by atoms with Crippen LogP contribution in [0.1, 0.15) is 11.1 Å². The second kappa shape index (κ2) is 5.85. The molecule has 94 valence electrons. The van der Waals surface area contributed by atoms with E-state index >= 15 is 0 Å². The molecular formula is C14H13ClFNO. The Labute approximate surface area is 110 Å². The summed E-state index contributed by atoms with van der Waals surface area (Å²) in [4.78, 5) is 0. The Morgan fingerprint density at radius 1 is 1.06 bits per heavy atom. The molecule has 4 heteroatoms. The quantitative estimate of drug-likeness (QED) is 0.918. The first-order valence-electron chi connectivity index (χ1n) is 5.56. The van der Waals surface area contributed by atoms with E-state index in [2.05, 4.69) is 0 Å². The summed E-state index contributed by atoms with van der Waals surface area (Å²) in [6.07, 6.45) is 0. The summed E-state index contributed by atoms with van der Waals surface area (Å²) in [6, 6.07) is 12.3. The second-order valence-electron chi connectivity index (χ2n) is 3.81. The van der Waals surface area contributed by atoms with Gasteiger partial charge in [-0.2, -0.15) is 0 Å². The molecule has 2 nitrogen and oxygen atoms in total. The highest BCUT2D eigenvalue weighted by Crippen LogP contribution is 2.25. The third kappa shape index (κ3) is 2.81. The van der Waals surface area contributed by atoms with Crippen molar-refractivity contribution in [2.24, 2.45) is 5.73 Å². The highest BCUT2D eigenvalue weighted by atomic mass is 35.5. The Bertz CT molecular complexity index is 545. The fourth-order valence-electron chi connectivity index (χ4n) is 1.65. The Hall–Kier alpha value is -1.58. The minimum atomic E-state index is -0.538. The van der Waals surface area contributed by atoms with Crippen LogP contribution in [0.3, 0.4) is 0 Å². The second-order valence-corrected chi connectivity index (χ2v) is 4.22. The van der Waals surface area contributed by atoms with Crippen LogP contribution >= 0.6 is 11.6 Å². The molecular weight excluding hydrogens is 253 g/mol. The lowest BCUT2D eigenvalue weighted by molar-refractivity contribution is 0.289. The average Bonchev–Trinajstić information content (AvgIpc) is 2.41. The number of rotatable bonds is 4. The molecule has 0 radical (unpaired) electrons. The van der Waals surface area contributed by atoms with Gasteiger partial charge in [-0.1, -0.05) is 41.9 Å². The normalized spacial score (nSPS) is 10.4. The molecule has 0 bridgehead atoms. The summed E-state index contributed by atoms with van der Waals surface area (Å²) < 4.78 is 19.0. The monoisotopic (exact) mass is 265 g/mol. The predicted molar refractivity (Wildman–Crippen MR) is 70.1 cm³/mol. The highest BCUT2D eigenvalue weighted by Gasteiger charge is 2.08. The largest absolute Gasteiger partial charge is 0.486 e. The smallest absolute Gasteiger partial charge is 0.183 e. The number of halogens is 2. The predicted octanol–water partition coefficient (Wildman–Crippen LogP) is 3.52. The lowest BCUT2D eigenvalue weighted by Crippen LogP contribution is -2.05. The summed E-state index contributed by atoms with van der Waals surface area (Å²) in [5.41, 5.74) is 7.55. The molecule has 0 heterocycles. The van der Waals surface area contributed by atoms with Crippen molar-refractivity contribution in [1.82, 2.24) is 0 Å². The van der Waals surface area contributed by atoms with Gasteiger partial charge in [0.2, 0.25) is 0 Å². The highest BCUT2D eigenvalue weighted by molar-refractivity contribution is 6.30. The summed E-state index contributed by atoms with van der Waals surface area (Å²) in [5.74, 6) is -0.390. The molecule has 0 aliphatic heterocycles. The zero-order valence-corrected chi connectivity index (χ0v) is 10.5. The van der Waals surface area contributed by atoms with Crippen LogP contribution in [0.2, 0.25) is 5.02 Å². The summed E-state index contributed by atoms with van der Waals surface area (Å²) in [7, 11) is 0. The molecule has 0 spiro atoms. The standard InChI is InChI=1S/C14H13ClFNO/c15-12-6-3-7-13(14(12)16)18-9-11-5-2-1-4-10(11)8-17/h1-7H,8-9,17H2. The fraction of sp³-hybridized carbons (Fsp3) is 0.143. The van der Waals surface area contributed by atoms with Crippen LogP contribution < -0.4 is 10.5 Å². The Kier molecular flexibility index (Phi) is 4.18. The molecule has 0 saturated heterocycles. The molecule has 2 aromatic rings. The van der Waals surface area contributed by atoms with Crippen LogP contribution in [0.15, 0.2) is 42.5 Å². The molecule has 2 aromatic carbocycles. The van der Waals surface area contributed by atoms with E-state index in [4.69, 9.17) is 22.1 Å². The molecule has 18 heavy (non-hydrogen) atoms. The number of ether oxygens (including phenoxy) is 1. The van der Waals surface area contributed by atoms with E-state index in [9.17, 15) is 4.39 Å². The van der Waals surface area contributed by atoms with Crippen molar-refractivity contribution >= 4 is 11.6 Å². The van der Waals surface area contributed by atoms with Crippen LogP contribution in [0.4, 0.5) is 4.39 Å². The van der Waals surface area contributed by atoms with Crippen LogP contribution in [0.25, 0.3) is 0 Å². The zero-order chi connectivity index (χ0) is 13.0. The summed E-state index contributed by atoms with van der Waals surface area (Å²) >= 11 is 5.68. The fourth-order valence-corrected chi connectivity index (χ4v) is 1.81. The molecule has 0 amide bonds. The molecule has 0 aliphatic rings. The number of nitrogens with two attached hydrogens (primary N) is 1. The van der Waals surface area contributed by atoms with Gasteiger partial charge in [0, 0.05) is 6.54 Å². The Balaban J connectivity index is 2.14. The minimum absolute atomic E-state index is 0.0552. The number of hydrogen-bond donors (Lipinski definition) is 1. The van der Waals surface area contributed by atoms with E-state index in [1.54, 1.807) is 12.1 Å².